The Morgan fingerprint density at radius 3 is 2.28 bits per heavy atom. The highest BCUT2D eigenvalue weighted by atomic mass is 32.2. The second kappa shape index (κ2) is 6.62. The highest BCUT2D eigenvalue weighted by Crippen LogP contribution is 2.27. The van der Waals surface area contributed by atoms with Crippen LogP contribution in [0.4, 0.5) is 0 Å². The molecule has 0 N–H and O–H groups in total. The molecule has 2 heterocycles. The maximum atomic E-state index is 12.7. The van der Waals surface area contributed by atoms with E-state index in [1.54, 1.807) is 0 Å². The minimum Gasteiger partial charge on any atom is -0.379 e. The molecular weight excluding hydrogens is 390 g/mol. The molecule has 25 heavy (non-hydrogen) atoms. The molecule has 11 heteroatoms. The van der Waals surface area contributed by atoms with Crippen molar-refractivity contribution in [3.8, 4) is 0 Å². The molecule has 0 spiro atoms. The largest absolute Gasteiger partial charge is 0.379 e. The van der Waals surface area contributed by atoms with Crippen molar-refractivity contribution in [1.29, 1.82) is 0 Å². The van der Waals surface area contributed by atoms with Crippen molar-refractivity contribution in [2.45, 2.75) is 21.5 Å². The summed E-state index contributed by atoms with van der Waals surface area (Å²) in [4.78, 5) is -0.278. The quantitative estimate of drug-likeness (QED) is 0.669. The SMILES string of the molecule is O=S1(=O)CC[C@H](S(=O)(=O)c2cccc(S(=O)(=O)N3CCOCC3)c2)C1. The number of nitrogens with zero attached hydrogens (tertiary/aromatic N) is 1. The summed E-state index contributed by atoms with van der Waals surface area (Å²) in [5, 5.41) is -1.03. The van der Waals surface area contributed by atoms with E-state index in [9.17, 15) is 25.3 Å². The molecule has 2 saturated heterocycles. The molecule has 0 saturated carbocycles. The van der Waals surface area contributed by atoms with E-state index in [4.69, 9.17) is 4.74 Å². The highest BCUT2D eigenvalue weighted by Gasteiger charge is 2.38. The van der Waals surface area contributed by atoms with E-state index in [0.29, 0.717) is 0 Å². The van der Waals surface area contributed by atoms with Crippen molar-refractivity contribution in [2.75, 3.05) is 37.8 Å². The topological polar surface area (TPSA) is 115 Å². The lowest BCUT2D eigenvalue weighted by Gasteiger charge is -2.26. The van der Waals surface area contributed by atoms with Crippen molar-refractivity contribution < 1.29 is 30.0 Å². The Morgan fingerprint density at radius 2 is 1.68 bits per heavy atom. The summed E-state index contributed by atoms with van der Waals surface area (Å²) in [6, 6.07) is 5.13. The molecule has 0 aliphatic carbocycles. The molecule has 2 aliphatic rings. The standard InChI is InChI=1S/C14H19NO7S3/c16-23(17)9-4-14(11-23)24(18,19)12-2-1-3-13(10-12)25(20,21)15-5-7-22-8-6-15/h1-3,10,14H,4-9,11H2/t14-/m0/s1. The first-order chi connectivity index (χ1) is 11.6. The normalized spacial score (nSPS) is 25.0. The Balaban J connectivity index is 1.94. The smallest absolute Gasteiger partial charge is 0.243 e. The minimum atomic E-state index is -3.91. The number of hydrogen-bond donors (Lipinski definition) is 0. The summed E-state index contributed by atoms with van der Waals surface area (Å²) in [7, 11) is -11.1. The maximum absolute atomic E-state index is 12.7. The number of benzene rings is 1. The fourth-order valence-electron chi connectivity index (χ4n) is 2.95. The van der Waals surface area contributed by atoms with Crippen molar-refractivity contribution in [3.05, 3.63) is 24.3 Å². The molecule has 0 unspecified atom stereocenters. The first-order valence-electron chi connectivity index (χ1n) is 7.75. The van der Waals surface area contributed by atoms with Crippen molar-refractivity contribution >= 4 is 29.7 Å². The lowest BCUT2D eigenvalue weighted by molar-refractivity contribution is 0.0730. The lowest BCUT2D eigenvalue weighted by atomic mass is 10.4. The van der Waals surface area contributed by atoms with Crippen LogP contribution < -0.4 is 0 Å². The number of sulfonamides is 1. The molecule has 1 aromatic carbocycles. The van der Waals surface area contributed by atoms with Gasteiger partial charge < -0.3 is 4.74 Å². The predicted octanol–water partition coefficient (Wildman–Crippen LogP) is -0.332. The van der Waals surface area contributed by atoms with Crippen LogP contribution in [0.15, 0.2) is 34.1 Å². The second-order valence-corrected chi connectivity index (χ2v) is 12.5. The summed E-state index contributed by atoms with van der Waals surface area (Å²) in [6.07, 6.45) is 0.0328. The monoisotopic (exact) mass is 409 g/mol. The summed E-state index contributed by atoms with van der Waals surface area (Å²) in [5.74, 6) is -0.585. The Labute approximate surface area is 147 Å². The number of morpholine rings is 1. The molecule has 3 rings (SSSR count). The van der Waals surface area contributed by atoms with Crippen LogP contribution in [-0.2, 0) is 34.4 Å². The highest BCUT2D eigenvalue weighted by molar-refractivity contribution is 7.96. The van der Waals surface area contributed by atoms with Gasteiger partial charge in [0.15, 0.2) is 19.7 Å². The zero-order valence-electron chi connectivity index (χ0n) is 13.4. The minimum absolute atomic E-state index is 0.0328. The van der Waals surface area contributed by atoms with Gasteiger partial charge >= 0.3 is 0 Å². The van der Waals surface area contributed by atoms with E-state index in [0.717, 1.165) is 6.07 Å². The Morgan fingerprint density at radius 1 is 1.04 bits per heavy atom. The molecule has 8 nitrogen and oxygen atoms in total. The number of sulfone groups is 2. The van der Waals surface area contributed by atoms with Gasteiger partial charge in [-0.05, 0) is 24.6 Å². The van der Waals surface area contributed by atoms with Crippen LogP contribution in [0.25, 0.3) is 0 Å². The Kier molecular flexibility index (Phi) is 4.97. The van der Waals surface area contributed by atoms with E-state index in [2.05, 4.69) is 0 Å². The third-order valence-corrected chi connectivity index (χ3v) is 10.4. The first-order valence-corrected chi connectivity index (χ1v) is 12.6. The fraction of sp³-hybridized carbons (Fsp3) is 0.571. The molecule has 1 aromatic rings. The molecule has 2 aliphatic heterocycles. The molecule has 0 radical (unpaired) electrons. The van der Waals surface area contributed by atoms with Crippen LogP contribution in [-0.4, -0.2) is 72.6 Å². The van der Waals surface area contributed by atoms with Gasteiger partial charge in [0.2, 0.25) is 10.0 Å². The zero-order chi connectivity index (χ0) is 18.3. The van der Waals surface area contributed by atoms with E-state index >= 15 is 0 Å². The molecule has 0 bridgehead atoms. The van der Waals surface area contributed by atoms with Gasteiger partial charge in [-0.25, -0.2) is 25.3 Å². The van der Waals surface area contributed by atoms with E-state index in [1.165, 1.54) is 22.5 Å². The van der Waals surface area contributed by atoms with Crippen LogP contribution in [0.2, 0.25) is 0 Å². The Hall–Kier alpha value is -1.01. The van der Waals surface area contributed by atoms with Crippen molar-refractivity contribution in [3.63, 3.8) is 0 Å². The van der Waals surface area contributed by atoms with Gasteiger partial charge in [-0.15, -0.1) is 0 Å². The van der Waals surface area contributed by atoms with Crippen LogP contribution in [0.3, 0.4) is 0 Å². The predicted molar refractivity (Wildman–Crippen MR) is 90.3 cm³/mol. The van der Waals surface area contributed by atoms with Gasteiger partial charge in [-0.1, -0.05) is 6.07 Å². The van der Waals surface area contributed by atoms with Gasteiger partial charge in [-0.2, -0.15) is 4.31 Å². The molecule has 0 aromatic heterocycles. The van der Waals surface area contributed by atoms with Crippen LogP contribution in [0.5, 0.6) is 0 Å². The third kappa shape index (κ3) is 3.75. The van der Waals surface area contributed by atoms with Crippen molar-refractivity contribution in [1.82, 2.24) is 4.31 Å². The third-order valence-electron chi connectivity index (χ3n) is 4.37. The van der Waals surface area contributed by atoms with Gasteiger partial charge in [0.05, 0.1) is 39.8 Å². The average molecular weight is 410 g/mol. The number of ether oxygens (including phenoxy) is 1. The molecule has 140 valence electrons. The van der Waals surface area contributed by atoms with E-state index in [1.807, 2.05) is 0 Å². The maximum Gasteiger partial charge on any atom is 0.243 e. The van der Waals surface area contributed by atoms with E-state index < -0.39 is 40.7 Å². The molecule has 2 fully saturated rings. The first kappa shape index (κ1) is 18.8. The van der Waals surface area contributed by atoms with Crippen molar-refractivity contribution in [2.24, 2.45) is 0 Å². The van der Waals surface area contributed by atoms with Crippen LogP contribution in [0, 0.1) is 0 Å². The lowest BCUT2D eigenvalue weighted by Crippen LogP contribution is -2.40. The van der Waals surface area contributed by atoms with E-state index in [-0.39, 0.29) is 48.3 Å². The summed E-state index contributed by atoms with van der Waals surface area (Å²) >= 11 is 0. The van der Waals surface area contributed by atoms with Gasteiger partial charge in [0, 0.05) is 13.1 Å². The van der Waals surface area contributed by atoms with Crippen LogP contribution >= 0.6 is 0 Å². The average Bonchev–Trinajstić information content (AvgIpc) is 2.96. The molecular formula is C14H19NO7S3. The summed E-state index contributed by atoms with van der Waals surface area (Å²) < 4.78 is 80.2. The van der Waals surface area contributed by atoms with Gasteiger partial charge in [0.1, 0.15) is 0 Å². The number of hydrogen-bond acceptors (Lipinski definition) is 7. The molecule has 1 atom stereocenters. The molecule has 0 amide bonds. The zero-order valence-corrected chi connectivity index (χ0v) is 15.8. The summed E-state index contributed by atoms with van der Waals surface area (Å²) in [6.45, 7) is 0.995. The van der Waals surface area contributed by atoms with Crippen LogP contribution in [0.1, 0.15) is 6.42 Å². The van der Waals surface area contributed by atoms with Gasteiger partial charge in [0.25, 0.3) is 0 Å². The second-order valence-electron chi connectivity index (χ2n) is 6.06. The van der Waals surface area contributed by atoms with Gasteiger partial charge in [-0.3, -0.25) is 0 Å². The number of rotatable bonds is 4. The fourth-order valence-corrected chi connectivity index (χ4v) is 8.88. The summed E-state index contributed by atoms with van der Waals surface area (Å²) in [5.41, 5.74) is 0. The Bertz CT molecular complexity index is 961.